The van der Waals surface area contributed by atoms with Gasteiger partial charge in [-0.05, 0) is 43.0 Å². The Balaban J connectivity index is 2.19. The Morgan fingerprint density at radius 2 is 2.05 bits per heavy atom. The molecule has 1 aromatic carbocycles. The van der Waals surface area contributed by atoms with Gasteiger partial charge < -0.3 is 15.2 Å². The summed E-state index contributed by atoms with van der Waals surface area (Å²) in [4.78, 5) is 11.7. The Morgan fingerprint density at radius 3 is 2.67 bits per heavy atom. The van der Waals surface area contributed by atoms with Crippen molar-refractivity contribution < 1.29 is 19.0 Å². The molecule has 0 aliphatic carbocycles. The summed E-state index contributed by atoms with van der Waals surface area (Å²) in [6.07, 6.45) is 3.00. The summed E-state index contributed by atoms with van der Waals surface area (Å²) in [5.41, 5.74) is 0. The molecule has 1 aromatic rings. The van der Waals surface area contributed by atoms with Crippen molar-refractivity contribution in [2.45, 2.75) is 32.6 Å². The zero-order valence-electron chi connectivity index (χ0n) is 12.5. The summed E-state index contributed by atoms with van der Waals surface area (Å²) in [6, 6.07) is 5.71. The van der Waals surface area contributed by atoms with Gasteiger partial charge in [0.05, 0.1) is 13.0 Å². The lowest BCUT2D eigenvalue weighted by Crippen LogP contribution is -2.30. The summed E-state index contributed by atoms with van der Waals surface area (Å²) < 4.78 is 18.1. The minimum atomic E-state index is -0.314. The molecule has 1 amide bonds. The van der Waals surface area contributed by atoms with Crippen molar-refractivity contribution in [3.05, 3.63) is 30.1 Å². The Labute approximate surface area is 125 Å². The number of amides is 1. The van der Waals surface area contributed by atoms with E-state index in [9.17, 15) is 9.18 Å². The highest BCUT2D eigenvalue weighted by molar-refractivity contribution is 5.75. The lowest BCUT2D eigenvalue weighted by molar-refractivity contribution is -0.121. The highest BCUT2D eigenvalue weighted by atomic mass is 19.1. The van der Waals surface area contributed by atoms with Crippen LogP contribution >= 0.6 is 0 Å². The molecular formula is C16H24FNO3. The molecule has 0 spiro atoms. The lowest BCUT2D eigenvalue weighted by atomic mass is 10.0. The standard InChI is InChI=1S/C16H24FNO3/c1-2-3-13(8-10-19)12-18-16(20)9-11-21-15-6-4-14(17)5-7-15/h4-7,13,19H,2-3,8-12H2,1H3,(H,18,20). The number of aliphatic hydroxyl groups is 1. The third-order valence-corrected chi connectivity index (χ3v) is 3.23. The van der Waals surface area contributed by atoms with Crippen LogP contribution in [0.4, 0.5) is 4.39 Å². The zero-order valence-corrected chi connectivity index (χ0v) is 12.5. The summed E-state index contributed by atoms with van der Waals surface area (Å²) in [6.45, 7) is 3.08. The average molecular weight is 297 g/mol. The number of benzene rings is 1. The van der Waals surface area contributed by atoms with Gasteiger partial charge in [-0.1, -0.05) is 13.3 Å². The van der Waals surface area contributed by atoms with Crippen LogP contribution in [0.1, 0.15) is 32.6 Å². The van der Waals surface area contributed by atoms with E-state index >= 15 is 0 Å². The molecule has 0 fully saturated rings. The van der Waals surface area contributed by atoms with E-state index in [2.05, 4.69) is 12.2 Å². The van der Waals surface area contributed by atoms with Gasteiger partial charge in [0.25, 0.3) is 0 Å². The molecule has 0 aromatic heterocycles. The van der Waals surface area contributed by atoms with Crippen molar-refractivity contribution >= 4 is 5.91 Å². The van der Waals surface area contributed by atoms with Crippen LogP contribution in [0.2, 0.25) is 0 Å². The van der Waals surface area contributed by atoms with Crippen LogP contribution in [0.25, 0.3) is 0 Å². The molecule has 1 unspecified atom stereocenters. The molecule has 0 aliphatic heterocycles. The van der Waals surface area contributed by atoms with E-state index in [0.29, 0.717) is 24.6 Å². The van der Waals surface area contributed by atoms with Gasteiger partial charge in [0.2, 0.25) is 5.91 Å². The second-order valence-corrected chi connectivity index (χ2v) is 5.02. The van der Waals surface area contributed by atoms with E-state index in [1.54, 1.807) is 0 Å². The molecule has 4 nitrogen and oxygen atoms in total. The third-order valence-electron chi connectivity index (χ3n) is 3.23. The first-order valence-corrected chi connectivity index (χ1v) is 7.41. The molecule has 0 saturated heterocycles. The van der Waals surface area contributed by atoms with Crippen LogP contribution in [0.5, 0.6) is 5.75 Å². The maximum Gasteiger partial charge on any atom is 0.223 e. The van der Waals surface area contributed by atoms with Crippen molar-refractivity contribution in [3.8, 4) is 5.75 Å². The molecule has 5 heteroatoms. The average Bonchev–Trinajstić information content (AvgIpc) is 2.47. The summed E-state index contributed by atoms with van der Waals surface area (Å²) in [5.74, 6) is 0.484. The highest BCUT2D eigenvalue weighted by Crippen LogP contribution is 2.11. The van der Waals surface area contributed by atoms with Crippen LogP contribution in [-0.2, 0) is 4.79 Å². The third kappa shape index (κ3) is 7.66. The van der Waals surface area contributed by atoms with Crippen LogP contribution in [0.3, 0.4) is 0 Å². The number of carbonyl (C=O) groups is 1. The molecular weight excluding hydrogens is 273 g/mol. The second-order valence-electron chi connectivity index (χ2n) is 5.02. The number of halogens is 1. The molecule has 1 rings (SSSR count). The lowest BCUT2D eigenvalue weighted by Gasteiger charge is -2.15. The summed E-state index contributed by atoms with van der Waals surface area (Å²) in [7, 11) is 0. The molecule has 0 saturated carbocycles. The molecule has 1 atom stereocenters. The second kappa shape index (κ2) is 10.2. The Hall–Kier alpha value is -1.62. The van der Waals surface area contributed by atoms with Crippen molar-refractivity contribution in [3.63, 3.8) is 0 Å². The maximum absolute atomic E-state index is 12.7. The predicted molar refractivity (Wildman–Crippen MR) is 79.6 cm³/mol. The van der Waals surface area contributed by atoms with Gasteiger partial charge in [-0.3, -0.25) is 4.79 Å². The van der Waals surface area contributed by atoms with Crippen molar-refractivity contribution in [2.75, 3.05) is 19.8 Å². The normalized spacial score (nSPS) is 12.0. The smallest absolute Gasteiger partial charge is 0.223 e. The van der Waals surface area contributed by atoms with Gasteiger partial charge in [0, 0.05) is 13.2 Å². The molecule has 0 bridgehead atoms. The first-order chi connectivity index (χ1) is 10.2. The van der Waals surface area contributed by atoms with Crippen LogP contribution in [0.15, 0.2) is 24.3 Å². The van der Waals surface area contributed by atoms with Crippen LogP contribution in [0, 0.1) is 11.7 Å². The van der Waals surface area contributed by atoms with Gasteiger partial charge in [-0.25, -0.2) is 4.39 Å². The van der Waals surface area contributed by atoms with Crippen molar-refractivity contribution in [2.24, 2.45) is 5.92 Å². The number of hydrogen-bond donors (Lipinski definition) is 2. The van der Waals surface area contributed by atoms with Gasteiger partial charge in [-0.15, -0.1) is 0 Å². The number of carbonyl (C=O) groups excluding carboxylic acids is 1. The minimum Gasteiger partial charge on any atom is -0.493 e. The number of hydrogen-bond acceptors (Lipinski definition) is 3. The fraction of sp³-hybridized carbons (Fsp3) is 0.562. The highest BCUT2D eigenvalue weighted by Gasteiger charge is 2.09. The van der Waals surface area contributed by atoms with E-state index < -0.39 is 0 Å². The Bertz CT molecular complexity index is 402. The van der Waals surface area contributed by atoms with E-state index in [0.717, 1.165) is 12.8 Å². The minimum absolute atomic E-state index is 0.0730. The van der Waals surface area contributed by atoms with E-state index in [1.807, 2.05) is 0 Å². The quantitative estimate of drug-likeness (QED) is 0.697. The summed E-state index contributed by atoms with van der Waals surface area (Å²) in [5, 5.41) is 11.8. The van der Waals surface area contributed by atoms with Gasteiger partial charge in [0.1, 0.15) is 11.6 Å². The van der Waals surface area contributed by atoms with E-state index in [-0.39, 0.29) is 31.4 Å². The predicted octanol–water partition coefficient (Wildman–Crippen LogP) is 2.51. The SMILES string of the molecule is CCCC(CCO)CNC(=O)CCOc1ccc(F)cc1. The molecule has 0 heterocycles. The molecule has 2 N–H and O–H groups in total. The monoisotopic (exact) mass is 297 g/mol. The largest absolute Gasteiger partial charge is 0.493 e. The molecule has 21 heavy (non-hydrogen) atoms. The number of rotatable bonds is 10. The first-order valence-electron chi connectivity index (χ1n) is 7.41. The number of aliphatic hydroxyl groups excluding tert-OH is 1. The molecule has 0 aliphatic rings. The topological polar surface area (TPSA) is 58.6 Å². The van der Waals surface area contributed by atoms with Crippen LogP contribution in [-0.4, -0.2) is 30.8 Å². The van der Waals surface area contributed by atoms with Crippen molar-refractivity contribution in [1.82, 2.24) is 5.32 Å². The van der Waals surface area contributed by atoms with E-state index in [4.69, 9.17) is 9.84 Å². The number of nitrogens with one attached hydrogen (secondary N) is 1. The van der Waals surface area contributed by atoms with Gasteiger partial charge >= 0.3 is 0 Å². The molecule has 0 radical (unpaired) electrons. The Kier molecular flexibility index (Phi) is 8.43. The first kappa shape index (κ1) is 17.4. The van der Waals surface area contributed by atoms with Crippen molar-refractivity contribution in [1.29, 1.82) is 0 Å². The fourth-order valence-electron chi connectivity index (χ4n) is 2.08. The molecule has 118 valence electrons. The Morgan fingerprint density at radius 1 is 1.33 bits per heavy atom. The summed E-state index contributed by atoms with van der Waals surface area (Å²) >= 11 is 0. The van der Waals surface area contributed by atoms with Gasteiger partial charge in [0.15, 0.2) is 0 Å². The number of ether oxygens (including phenoxy) is 1. The maximum atomic E-state index is 12.7. The zero-order chi connectivity index (χ0) is 15.5. The fourth-order valence-corrected chi connectivity index (χ4v) is 2.08. The van der Waals surface area contributed by atoms with Gasteiger partial charge in [-0.2, -0.15) is 0 Å². The van der Waals surface area contributed by atoms with E-state index in [1.165, 1.54) is 24.3 Å². The van der Waals surface area contributed by atoms with Crippen LogP contribution < -0.4 is 10.1 Å².